The van der Waals surface area contributed by atoms with Crippen molar-refractivity contribution in [2.24, 2.45) is 0 Å². The number of H-pyrrole nitrogens is 1. The number of rotatable bonds is 6. The zero-order chi connectivity index (χ0) is 24.6. The number of fused-ring (bicyclic) bond motifs is 2. The summed E-state index contributed by atoms with van der Waals surface area (Å²) in [5.41, 5.74) is 2.99. The average molecular weight is 491 g/mol. The Balaban J connectivity index is 1.17. The molecular formula is C24H24F2N10. The third-order valence-corrected chi connectivity index (χ3v) is 6.41. The SMILES string of the molecule is CN1CCN(c2ccc(CNc3ncc4c(-c5ccc6ncc(C(F)F)n6n5)c[nH]c4n3)cn2)CC1. The van der Waals surface area contributed by atoms with Gasteiger partial charge in [0, 0.05) is 62.3 Å². The van der Waals surface area contributed by atoms with Crippen LogP contribution in [0.5, 0.6) is 0 Å². The van der Waals surface area contributed by atoms with Gasteiger partial charge >= 0.3 is 0 Å². The van der Waals surface area contributed by atoms with Crippen LogP contribution in [0.15, 0.2) is 49.1 Å². The van der Waals surface area contributed by atoms with Crippen molar-refractivity contribution in [1.82, 2.24) is 39.4 Å². The lowest BCUT2D eigenvalue weighted by Gasteiger charge is -2.33. The Morgan fingerprint density at radius 1 is 1.00 bits per heavy atom. The van der Waals surface area contributed by atoms with E-state index in [1.807, 2.05) is 12.3 Å². The molecule has 5 aromatic heterocycles. The molecule has 1 fully saturated rings. The maximum absolute atomic E-state index is 13.3. The molecule has 0 spiro atoms. The largest absolute Gasteiger partial charge is 0.354 e. The number of hydrogen-bond donors (Lipinski definition) is 2. The number of halogens is 2. The van der Waals surface area contributed by atoms with Gasteiger partial charge in [0.1, 0.15) is 17.2 Å². The van der Waals surface area contributed by atoms with Gasteiger partial charge in [-0.15, -0.1) is 0 Å². The molecule has 0 bridgehead atoms. The predicted octanol–water partition coefficient (Wildman–Crippen LogP) is 3.36. The summed E-state index contributed by atoms with van der Waals surface area (Å²) in [5, 5.41) is 8.34. The molecule has 6 heterocycles. The maximum atomic E-state index is 13.3. The maximum Gasteiger partial charge on any atom is 0.282 e. The summed E-state index contributed by atoms with van der Waals surface area (Å²) >= 11 is 0. The van der Waals surface area contributed by atoms with Crippen LogP contribution in [0.1, 0.15) is 17.7 Å². The molecule has 1 aliphatic heterocycles. The standard InChI is InChI=1S/C24H24F2N10/c1-34-6-8-35(9-7-34)20-4-2-15(10-27-20)11-30-24-31-13-17-16(12-29-23(17)32-24)18-3-5-21-28-14-19(22(25)26)36(21)33-18/h2-5,10,12-14,22H,6-9,11H2,1H3,(H2,29,30,31,32). The Hall–Kier alpha value is -4.19. The molecule has 12 heteroatoms. The number of aromatic amines is 1. The quantitative estimate of drug-likeness (QED) is 0.374. The van der Waals surface area contributed by atoms with Crippen LogP contribution >= 0.6 is 0 Å². The molecule has 0 atom stereocenters. The zero-order valence-electron chi connectivity index (χ0n) is 19.6. The highest BCUT2D eigenvalue weighted by Gasteiger charge is 2.17. The molecule has 36 heavy (non-hydrogen) atoms. The van der Waals surface area contributed by atoms with E-state index in [0.717, 1.165) is 54.7 Å². The van der Waals surface area contributed by atoms with Crippen molar-refractivity contribution in [2.75, 3.05) is 43.4 Å². The van der Waals surface area contributed by atoms with Crippen LogP contribution in [0.25, 0.3) is 27.9 Å². The smallest absolute Gasteiger partial charge is 0.282 e. The van der Waals surface area contributed by atoms with Crippen molar-refractivity contribution in [3.8, 4) is 11.3 Å². The zero-order valence-corrected chi connectivity index (χ0v) is 19.6. The number of anilines is 2. The van der Waals surface area contributed by atoms with Crippen molar-refractivity contribution in [3.63, 3.8) is 0 Å². The van der Waals surface area contributed by atoms with E-state index >= 15 is 0 Å². The van der Waals surface area contributed by atoms with Crippen LogP contribution in [-0.2, 0) is 6.54 Å². The van der Waals surface area contributed by atoms with Crippen LogP contribution in [0.2, 0.25) is 0 Å². The number of imidazole rings is 1. The van der Waals surface area contributed by atoms with Crippen molar-refractivity contribution in [2.45, 2.75) is 13.0 Å². The summed E-state index contributed by atoms with van der Waals surface area (Å²) < 4.78 is 27.7. The van der Waals surface area contributed by atoms with E-state index in [-0.39, 0.29) is 5.69 Å². The minimum absolute atomic E-state index is 0.250. The molecule has 1 aliphatic rings. The predicted molar refractivity (Wildman–Crippen MR) is 132 cm³/mol. The van der Waals surface area contributed by atoms with Gasteiger partial charge in [-0.2, -0.15) is 10.1 Å². The molecule has 0 aromatic carbocycles. The van der Waals surface area contributed by atoms with Crippen molar-refractivity contribution in [1.29, 1.82) is 0 Å². The van der Waals surface area contributed by atoms with Gasteiger partial charge in [-0.25, -0.2) is 28.2 Å². The summed E-state index contributed by atoms with van der Waals surface area (Å²) in [7, 11) is 2.13. The highest BCUT2D eigenvalue weighted by Crippen LogP contribution is 2.28. The average Bonchev–Trinajstić information content (AvgIpc) is 3.52. The first-order chi connectivity index (χ1) is 17.5. The van der Waals surface area contributed by atoms with Crippen molar-refractivity contribution >= 4 is 28.4 Å². The number of hydrogen-bond acceptors (Lipinski definition) is 8. The molecule has 1 saturated heterocycles. The molecule has 2 N–H and O–H groups in total. The first-order valence-electron chi connectivity index (χ1n) is 11.6. The summed E-state index contributed by atoms with van der Waals surface area (Å²) in [6.07, 6.45) is 3.79. The molecule has 10 nitrogen and oxygen atoms in total. The summed E-state index contributed by atoms with van der Waals surface area (Å²) in [5.74, 6) is 1.46. The Bertz CT molecular complexity index is 1500. The molecule has 184 valence electrons. The van der Waals surface area contributed by atoms with Crippen molar-refractivity contribution in [3.05, 3.63) is 60.3 Å². The van der Waals surface area contributed by atoms with Gasteiger partial charge in [0.25, 0.3) is 6.43 Å². The number of piperazine rings is 1. The van der Waals surface area contributed by atoms with Gasteiger partial charge in [-0.1, -0.05) is 6.07 Å². The third kappa shape index (κ3) is 4.19. The van der Waals surface area contributed by atoms with Crippen LogP contribution < -0.4 is 10.2 Å². The molecule has 0 amide bonds. The van der Waals surface area contributed by atoms with Gasteiger partial charge in [0.2, 0.25) is 5.95 Å². The summed E-state index contributed by atoms with van der Waals surface area (Å²) in [6.45, 7) is 4.56. The Morgan fingerprint density at radius 2 is 1.86 bits per heavy atom. The molecule has 6 rings (SSSR count). The topological polar surface area (TPSA) is 103 Å². The monoisotopic (exact) mass is 490 g/mol. The third-order valence-electron chi connectivity index (χ3n) is 6.41. The second-order valence-electron chi connectivity index (χ2n) is 8.80. The fraction of sp³-hybridized carbons (Fsp3) is 0.292. The Kier molecular flexibility index (Phi) is 5.64. The van der Waals surface area contributed by atoms with Gasteiger partial charge < -0.3 is 20.1 Å². The van der Waals surface area contributed by atoms with E-state index in [4.69, 9.17) is 0 Å². The van der Waals surface area contributed by atoms with Gasteiger partial charge in [0.05, 0.1) is 11.9 Å². The van der Waals surface area contributed by atoms with Crippen LogP contribution in [0, 0.1) is 0 Å². The molecule has 0 aliphatic carbocycles. The molecular weight excluding hydrogens is 466 g/mol. The second kappa shape index (κ2) is 9.11. The number of alkyl halides is 2. The summed E-state index contributed by atoms with van der Waals surface area (Å²) in [6, 6.07) is 7.51. The molecule has 0 unspecified atom stereocenters. The lowest BCUT2D eigenvalue weighted by atomic mass is 10.2. The minimum atomic E-state index is -2.67. The normalized spacial score (nSPS) is 14.8. The number of aromatic nitrogens is 7. The highest BCUT2D eigenvalue weighted by molar-refractivity contribution is 5.92. The van der Waals surface area contributed by atoms with Crippen LogP contribution in [-0.4, -0.2) is 72.7 Å². The lowest BCUT2D eigenvalue weighted by molar-refractivity contribution is 0.143. The first-order valence-corrected chi connectivity index (χ1v) is 11.6. The number of likely N-dealkylation sites (N-methyl/N-ethyl adjacent to an activating group) is 1. The van der Waals surface area contributed by atoms with Crippen LogP contribution in [0.3, 0.4) is 0 Å². The molecule has 0 radical (unpaired) electrons. The second-order valence-corrected chi connectivity index (χ2v) is 8.80. The van der Waals surface area contributed by atoms with Gasteiger partial charge in [-0.05, 0) is 30.8 Å². The van der Waals surface area contributed by atoms with E-state index < -0.39 is 6.43 Å². The van der Waals surface area contributed by atoms with Crippen molar-refractivity contribution < 1.29 is 8.78 Å². The first kappa shape index (κ1) is 22.3. The Labute approximate surface area is 205 Å². The van der Waals surface area contributed by atoms with Gasteiger partial charge in [0.15, 0.2) is 5.65 Å². The van der Waals surface area contributed by atoms with E-state index in [0.29, 0.717) is 29.5 Å². The van der Waals surface area contributed by atoms with E-state index in [1.165, 1.54) is 4.52 Å². The Morgan fingerprint density at radius 3 is 2.64 bits per heavy atom. The minimum Gasteiger partial charge on any atom is -0.354 e. The van der Waals surface area contributed by atoms with E-state index in [2.05, 4.69) is 58.2 Å². The van der Waals surface area contributed by atoms with E-state index in [1.54, 1.807) is 24.5 Å². The molecule has 0 saturated carbocycles. The lowest BCUT2D eigenvalue weighted by Crippen LogP contribution is -2.44. The number of pyridine rings is 1. The number of nitrogens with zero attached hydrogens (tertiary/aromatic N) is 8. The fourth-order valence-corrected chi connectivity index (χ4v) is 4.31. The molecule has 5 aromatic rings. The fourth-order valence-electron chi connectivity index (χ4n) is 4.31. The van der Waals surface area contributed by atoms with E-state index in [9.17, 15) is 8.78 Å². The summed E-state index contributed by atoms with van der Waals surface area (Å²) in [4.78, 5) is 25.3. The van der Waals surface area contributed by atoms with Gasteiger partial charge in [-0.3, -0.25) is 0 Å². The number of nitrogens with one attached hydrogen (secondary N) is 2. The highest BCUT2D eigenvalue weighted by atomic mass is 19.3. The van der Waals surface area contributed by atoms with Crippen LogP contribution in [0.4, 0.5) is 20.5 Å².